The fourth-order valence-corrected chi connectivity index (χ4v) is 3.54. The van der Waals surface area contributed by atoms with Gasteiger partial charge in [0.2, 0.25) is 5.91 Å². The predicted molar refractivity (Wildman–Crippen MR) is 131 cm³/mol. The van der Waals surface area contributed by atoms with Gasteiger partial charge in [0.1, 0.15) is 11.8 Å². The quantitative estimate of drug-likeness (QED) is 0.374. The Kier molecular flexibility index (Phi) is 7.72. The Labute approximate surface area is 194 Å². The minimum absolute atomic E-state index is 0.355. The molecule has 3 aromatic rings. The van der Waals surface area contributed by atoms with E-state index < -0.39 is 12.0 Å². The van der Waals surface area contributed by atoms with E-state index in [1.165, 1.54) is 6.92 Å². The van der Waals surface area contributed by atoms with Crippen LogP contribution in [-0.4, -0.2) is 23.0 Å². The Morgan fingerprint density at radius 1 is 1.09 bits per heavy atom. The zero-order valence-electron chi connectivity index (χ0n) is 19.4. The first-order valence-corrected chi connectivity index (χ1v) is 11.0. The second kappa shape index (κ2) is 10.7. The van der Waals surface area contributed by atoms with Crippen LogP contribution in [0, 0.1) is 13.8 Å². The average molecular weight is 447 g/mol. The van der Waals surface area contributed by atoms with Crippen LogP contribution in [0.3, 0.4) is 0 Å². The van der Waals surface area contributed by atoms with Gasteiger partial charge in [0.25, 0.3) is 0 Å². The third-order valence-corrected chi connectivity index (χ3v) is 5.58. The van der Waals surface area contributed by atoms with Crippen molar-refractivity contribution in [2.45, 2.75) is 46.7 Å². The number of hydrogen-bond acceptors (Lipinski definition) is 4. The number of furan rings is 1. The van der Waals surface area contributed by atoms with Gasteiger partial charge in [-0.1, -0.05) is 31.2 Å². The van der Waals surface area contributed by atoms with E-state index in [2.05, 4.69) is 34.9 Å². The third kappa shape index (κ3) is 6.13. The average Bonchev–Trinajstić information content (AvgIpc) is 3.32. The topological polar surface area (TPSA) is 91.6 Å². The molecule has 0 spiro atoms. The summed E-state index contributed by atoms with van der Waals surface area (Å²) >= 11 is 0. The lowest BCUT2D eigenvalue weighted by Crippen LogP contribution is -2.39. The van der Waals surface area contributed by atoms with Crippen molar-refractivity contribution in [2.75, 3.05) is 5.32 Å². The molecule has 6 heteroatoms. The minimum atomic E-state index is -1.06. The molecule has 0 bridgehead atoms. The molecule has 6 nitrogen and oxygen atoms in total. The maximum Gasteiger partial charge on any atom is 0.325 e. The molecule has 172 valence electrons. The Morgan fingerprint density at radius 3 is 2.42 bits per heavy atom. The van der Waals surface area contributed by atoms with Crippen LogP contribution in [0.15, 0.2) is 64.8 Å². The Bertz CT molecular complexity index is 1150. The molecule has 2 aromatic carbocycles. The number of carbonyl (C=O) groups is 2. The van der Waals surface area contributed by atoms with Crippen molar-refractivity contribution < 1.29 is 19.1 Å². The number of carbonyl (C=O) groups excluding carboxylic acids is 1. The summed E-state index contributed by atoms with van der Waals surface area (Å²) in [6.07, 6.45) is 4.01. The van der Waals surface area contributed by atoms with E-state index in [9.17, 15) is 9.59 Å². The fraction of sp³-hybridized carbons (Fsp3) is 0.259. The number of anilines is 1. The summed E-state index contributed by atoms with van der Waals surface area (Å²) in [7, 11) is 0. The SMILES string of the molecule is CC/C(=C\c1cc(C)c(-c2ccc(NCc3ccco3)cc2)cc1C)C(=O)N[C@H](C)C(=O)O. The monoisotopic (exact) mass is 446 g/mol. The summed E-state index contributed by atoms with van der Waals surface area (Å²) < 4.78 is 5.35. The van der Waals surface area contributed by atoms with Crippen LogP contribution in [0.25, 0.3) is 17.2 Å². The van der Waals surface area contributed by atoms with Crippen molar-refractivity contribution in [2.24, 2.45) is 0 Å². The first-order valence-electron chi connectivity index (χ1n) is 11.0. The zero-order valence-corrected chi connectivity index (χ0v) is 19.4. The van der Waals surface area contributed by atoms with Crippen LogP contribution >= 0.6 is 0 Å². The number of rotatable bonds is 9. The van der Waals surface area contributed by atoms with Gasteiger partial charge in [0, 0.05) is 11.3 Å². The highest BCUT2D eigenvalue weighted by molar-refractivity contribution is 5.99. The highest BCUT2D eigenvalue weighted by Crippen LogP contribution is 2.29. The zero-order chi connectivity index (χ0) is 24.0. The molecule has 0 unspecified atom stereocenters. The van der Waals surface area contributed by atoms with Crippen LogP contribution in [0.4, 0.5) is 5.69 Å². The fourth-order valence-electron chi connectivity index (χ4n) is 3.54. The van der Waals surface area contributed by atoms with Gasteiger partial charge in [0.15, 0.2) is 0 Å². The first kappa shape index (κ1) is 23.9. The molecule has 0 aliphatic carbocycles. The molecule has 3 N–H and O–H groups in total. The van der Waals surface area contributed by atoms with Gasteiger partial charge in [-0.3, -0.25) is 9.59 Å². The van der Waals surface area contributed by atoms with Gasteiger partial charge in [0.05, 0.1) is 12.8 Å². The van der Waals surface area contributed by atoms with Crippen LogP contribution in [0.2, 0.25) is 0 Å². The van der Waals surface area contributed by atoms with Crippen LogP contribution < -0.4 is 10.6 Å². The number of carboxylic acid groups (broad SMARTS) is 1. The second-order valence-corrected chi connectivity index (χ2v) is 8.09. The maximum absolute atomic E-state index is 12.5. The largest absolute Gasteiger partial charge is 0.480 e. The molecule has 1 aromatic heterocycles. The van der Waals surface area contributed by atoms with E-state index in [4.69, 9.17) is 9.52 Å². The van der Waals surface area contributed by atoms with Crippen molar-refractivity contribution in [1.82, 2.24) is 5.32 Å². The number of amides is 1. The minimum Gasteiger partial charge on any atom is -0.480 e. The van der Waals surface area contributed by atoms with E-state index in [0.29, 0.717) is 18.5 Å². The summed E-state index contributed by atoms with van der Waals surface area (Å²) in [5.74, 6) is -0.532. The van der Waals surface area contributed by atoms with E-state index >= 15 is 0 Å². The Hall–Kier alpha value is -3.80. The highest BCUT2D eigenvalue weighted by Gasteiger charge is 2.16. The third-order valence-electron chi connectivity index (χ3n) is 5.58. The number of aryl methyl sites for hydroxylation is 2. The molecular formula is C27H30N2O4. The van der Waals surface area contributed by atoms with Crippen LogP contribution in [0.5, 0.6) is 0 Å². The number of hydrogen-bond donors (Lipinski definition) is 3. The lowest BCUT2D eigenvalue weighted by atomic mass is 9.93. The molecule has 0 aliphatic heterocycles. The first-order chi connectivity index (χ1) is 15.8. The molecule has 3 rings (SSSR count). The molecule has 0 aliphatic rings. The molecule has 0 saturated carbocycles. The van der Waals surface area contributed by atoms with Crippen molar-refractivity contribution in [3.05, 3.63) is 82.8 Å². The van der Waals surface area contributed by atoms with Gasteiger partial charge >= 0.3 is 5.97 Å². The van der Waals surface area contributed by atoms with Gasteiger partial charge in [-0.2, -0.15) is 0 Å². The van der Waals surface area contributed by atoms with E-state index in [0.717, 1.165) is 39.3 Å². The maximum atomic E-state index is 12.5. The molecule has 0 radical (unpaired) electrons. The molecule has 0 saturated heterocycles. The number of nitrogens with one attached hydrogen (secondary N) is 2. The molecule has 33 heavy (non-hydrogen) atoms. The van der Waals surface area contributed by atoms with Crippen molar-refractivity contribution >= 4 is 23.6 Å². The highest BCUT2D eigenvalue weighted by atomic mass is 16.4. The molecular weight excluding hydrogens is 416 g/mol. The van der Waals surface area contributed by atoms with Gasteiger partial charge in [-0.15, -0.1) is 0 Å². The van der Waals surface area contributed by atoms with Crippen molar-refractivity contribution in [3.63, 3.8) is 0 Å². The second-order valence-electron chi connectivity index (χ2n) is 8.09. The van der Waals surface area contributed by atoms with Crippen molar-refractivity contribution in [3.8, 4) is 11.1 Å². The van der Waals surface area contributed by atoms with Crippen molar-refractivity contribution in [1.29, 1.82) is 0 Å². The van der Waals surface area contributed by atoms with E-state index in [1.54, 1.807) is 6.26 Å². The van der Waals surface area contributed by atoms with Crippen LogP contribution in [-0.2, 0) is 16.1 Å². The summed E-state index contributed by atoms with van der Waals surface area (Å²) in [4.78, 5) is 23.5. The number of carboxylic acids is 1. The number of benzene rings is 2. The summed E-state index contributed by atoms with van der Waals surface area (Å²) in [6.45, 7) is 8.03. The lowest BCUT2D eigenvalue weighted by molar-refractivity contribution is -0.140. The van der Waals surface area contributed by atoms with Gasteiger partial charge < -0.3 is 20.2 Å². The Morgan fingerprint density at radius 2 is 1.82 bits per heavy atom. The lowest BCUT2D eigenvalue weighted by Gasteiger charge is -2.14. The molecule has 1 amide bonds. The van der Waals surface area contributed by atoms with Crippen LogP contribution in [0.1, 0.15) is 42.7 Å². The van der Waals surface area contributed by atoms with E-state index in [-0.39, 0.29) is 5.91 Å². The molecule has 1 atom stereocenters. The summed E-state index contributed by atoms with van der Waals surface area (Å²) in [5, 5.41) is 14.9. The summed E-state index contributed by atoms with van der Waals surface area (Å²) in [5.41, 5.74) is 6.88. The van der Waals surface area contributed by atoms with E-state index in [1.807, 2.05) is 51.1 Å². The summed E-state index contributed by atoms with van der Waals surface area (Å²) in [6, 6.07) is 15.3. The van der Waals surface area contributed by atoms with Gasteiger partial charge in [-0.05, 0) is 85.4 Å². The Balaban J connectivity index is 1.78. The standard InChI is InChI=1S/C27H30N2O4/c1-5-20(26(30)29-19(4)27(31)32)15-22-13-18(3)25(14-17(22)2)21-8-10-23(11-9-21)28-16-24-7-6-12-33-24/h6-15,19,28H,5,16H2,1-4H3,(H,29,30)(H,31,32)/b20-15+/t19-/m1/s1. The van der Waals surface area contributed by atoms with Gasteiger partial charge in [-0.25, -0.2) is 0 Å². The molecule has 0 fully saturated rings. The number of aliphatic carboxylic acids is 1. The smallest absolute Gasteiger partial charge is 0.325 e. The normalized spacial score (nSPS) is 12.3. The molecule has 1 heterocycles. The predicted octanol–water partition coefficient (Wildman–Crippen LogP) is 5.56.